The second-order valence-electron chi connectivity index (χ2n) is 6.42. The quantitative estimate of drug-likeness (QED) is 0.801. The first kappa shape index (κ1) is 19.5. The second kappa shape index (κ2) is 7.03. The fourth-order valence-electron chi connectivity index (χ4n) is 2.84. The molecule has 0 radical (unpaired) electrons. The van der Waals surface area contributed by atoms with Gasteiger partial charge < -0.3 is 10.1 Å². The van der Waals surface area contributed by atoms with Gasteiger partial charge in [-0.1, -0.05) is 24.3 Å². The van der Waals surface area contributed by atoms with E-state index in [4.69, 9.17) is 0 Å². The summed E-state index contributed by atoms with van der Waals surface area (Å²) in [6, 6.07) is 10.4. The number of amides is 2. The summed E-state index contributed by atoms with van der Waals surface area (Å²) in [7, 11) is 1.35. The van der Waals surface area contributed by atoms with Gasteiger partial charge in [0.25, 0.3) is 11.8 Å². The molecule has 0 spiro atoms. The molecule has 3 rings (SSSR count). The minimum atomic E-state index is -4.83. The molecule has 146 valence electrons. The zero-order valence-corrected chi connectivity index (χ0v) is 15.3. The Balaban J connectivity index is 2.02. The summed E-state index contributed by atoms with van der Waals surface area (Å²) >= 11 is 0. The molecular weight excluding hydrogens is 373 g/mol. The molecule has 2 amide bonds. The standard InChI is InChI=1S/C20H17F3N2O3/c1-11-7-8-13(9-12(11)2)16-17(19(27)25(3)18(16)26)24-14-5-4-6-15(10-14)28-20(21,22)23/h4-10,24H,1-3H3. The highest BCUT2D eigenvalue weighted by atomic mass is 19.4. The number of halogens is 3. The smallest absolute Gasteiger partial charge is 0.406 e. The number of carbonyl (C=O) groups excluding carboxylic acids is 2. The Morgan fingerprint density at radius 1 is 0.964 bits per heavy atom. The van der Waals surface area contributed by atoms with E-state index < -0.39 is 23.9 Å². The lowest BCUT2D eigenvalue weighted by Crippen LogP contribution is -2.27. The predicted octanol–water partition coefficient (Wildman–Crippen LogP) is 4.02. The van der Waals surface area contributed by atoms with Gasteiger partial charge in [0, 0.05) is 18.8 Å². The van der Waals surface area contributed by atoms with Gasteiger partial charge >= 0.3 is 6.36 Å². The molecule has 8 heteroatoms. The molecule has 1 aliphatic rings. The number of likely N-dealkylation sites (N-methyl/N-ethyl adjacent to an activating group) is 1. The molecular formula is C20H17F3N2O3. The van der Waals surface area contributed by atoms with Gasteiger partial charge in [-0.25, -0.2) is 0 Å². The van der Waals surface area contributed by atoms with Crippen LogP contribution in [0.25, 0.3) is 5.57 Å². The maximum Gasteiger partial charge on any atom is 0.573 e. The lowest BCUT2D eigenvalue weighted by molar-refractivity contribution is -0.274. The van der Waals surface area contributed by atoms with Crippen LogP contribution in [0.5, 0.6) is 5.75 Å². The molecule has 0 saturated heterocycles. The van der Waals surface area contributed by atoms with Crippen LogP contribution in [0.4, 0.5) is 18.9 Å². The number of aryl methyl sites for hydroxylation is 2. The summed E-state index contributed by atoms with van der Waals surface area (Å²) in [6.45, 7) is 3.81. The van der Waals surface area contributed by atoms with E-state index in [0.717, 1.165) is 28.2 Å². The monoisotopic (exact) mass is 390 g/mol. The Labute approximate surface area is 159 Å². The van der Waals surface area contributed by atoms with Crippen LogP contribution in [0.3, 0.4) is 0 Å². The maximum absolute atomic E-state index is 12.6. The highest BCUT2D eigenvalue weighted by molar-refractivity contribution is 6.36. The van der Waals surface area contributed by atoms with Crippen molar-refractivity contribution in [2.75, 3.05) is 12.4 Å². The van der Waals surface area contributed by atoms with Gasteiger partial charge in [-0.15, -0.1) is 13.2 Å². The van der Waals surface area contributed by atoms with Gasteiger partial charge in [-0.2, -0.15) is 0 Å². The van der Waals surface area contributed by atoms with Crippen molar-refractivity contribution in [2.24, 2.45) is 0 Å². The van der Waals surface area contributed by atoms with Crippen molar-refractivity contribution in [1.82, 2.24) is 4.90 Å². The van der Waals surface area contributed by atoms with Crippen molar-refractivity contribution in [3.05, 3.63) is 64.9 Å². The molecule has 0 aromatic heterocycles. The third-order valence-electron chi connectivity index (χ3n) is 4.42. The summed E-state index contributed by atoms with van der Waals surface area (Å²) in [5, 5.41) is 2.78. The minimum absolute atomic E-state index is 0.0000817. The van der Waals surface area contributed by atoms with Gasteiger partial charge in [-0.05, 0) is 42.7 Å². The number of nitrogens with one attached hydrogen (secondary N) is 1. The van der Waals surface area contributed by atoms with Crippen molar-refractivity contribution in [3.63, 3.8) is 0 Å². The lowest BCUT2D eigenvalue weighted by atomic mass is 9.99. The molecule has 5 nitrogen and oxygen atoms in total. The number of imide groups is 1. The molecule has 28 heavy (non-hydrogen) atoms. The van der Waals surface area contributed by atoms with E-state index in [2.05, 4.69) is 10.1 Å². The number of carbonyl (C=O) groups is 2. The van der Waals surface area contributed by atoms with Crippen LogP contribution in [0.1, 0.15) is 16.7 Å². The third-order valence-corrected chi connectivity index (χ3v) is 4.42. The number of alkyl halides is 3. The van der Waals surface area contributed by atoms with Crippen LogP contribution in [-0.2, 0) is 9.59 Å². The van der Waals surface area contributed by atoms with Crippen molar-refractivity contribution in [2.45, 2.75) is 20.2 Å². The third kappa shape index (κ3) is 3.85. The van der Waals surface area contributed by atoms with E-state index in [1.165, 1.54) is 19.2 Å². The van der Waals surface area contributed by atoms with Crippen molar-refractivity contribution in [3.8, 4) is 5.75 Å². The first-order chi connectivity index (χ1) is 13.1. The topological polar surface area (TPSA) is 58.6 Å². The van der Waals surface area contributed by atoms with Gasteiger partial charge in [0.1, 0.15) is 11.4 Å². The Morgan fingerprint density at radius 2 is 1.68 bits per heavy atom. The Hall–Kier alpha value is -3.29. The Bertz CT molecular complexity index is 996. The number of anilines is 1. The van der Waals surface area contributed by atoms with Crippen molar-refractivity contribution < 1.29 is 27.5 Å². The van der Waals surface area contributed by atoms with Crippen LogP contribution in [0, 0.1) is 13.8 Å². The van der Waals surface area contributed by atoms with Crippen LogP contribution < -0.4 is 10.1 Å². The second-order valence-corrected chi connectivity index (χ2v) is 6.42. The number of nitrogens with zero attached hydrogens (tertiary/aromatic N) is 1. The molecule has 1 heterocycles. The summed E-state index contributed by atoms with van der Waals surface area (Å²) in [5.41, 5.74) is 2.88. The summed E-state index contributed by atoms with van der Waals surface area (Å²) in [6.07, 6.45) is -4.83. The number of hydrogen-bond acceptors (Lipinski definition) is 4. The summed E-state index contributed by atoms with van der Waals surface area (Å²) in [4.78, 5) is 26.1. The van der Waals surface area contributed by atoms with Crippen LogP contribution in [0.2, 0.25) is 0 Å². The number of rotatable bonds is 4. The van der Waals surface area contributed by atoms with E-state index >= 15 is 0 Å². The molecule has 0 bridgehead atoms. The number of hydrogen-bond donors (Lipinski definition) is 1. The van der Waals surface area contributed by atoms with Crippen molar-refractivity contribution >= 4 is 23.1 Å². The van der Waals surface area contributed by atoms with Gasteiger partial charge in [0.15, 0.2) is 0 Å². The van der Waals surface area contributed by atoms with E-state index in [0.29, 0.717) is 5.56 Å². The van der Waals surface area contributed by atoms with Crippen LogP contribution >= 0.6 is 0 Å². The first-order valence-electron chi connectivity index (χ1n) is 8.34. The molecule has 0 atom stereocenters. The fraction of sp³-hybridized carbons (Fsp3) is 0.200. The first-order valence-corrected chi connectivity index (χ1v) is 8.34. The average Bonchev–Trinajstić information content (AvgIpc) is 2.80. The molecule has 0 aliphatic carbocycles. The molecule has 2 aromatic rings. The SMILES string of the molecule is Cc1ccc(C2=C(Nc3cccc(OC(F)(F)F)c3)C(=O)N(C)C2=O)cc1C. The largest absolute Gasteiger partial charge is 0.573 e. The van der Waals surface area contributed by atoms with Gasteiger partial charge in [0.2, 0.25) is 0 Å². The zero-order valence-electron chi connectivity index (χ0n) is 15.3. The highest BCUT2D eigenvalue weighted by Gasteiger charge is 2.37. The summed E-state index contributed by atoms with van der Waals surface area (Å²) in [5.74, 6) is -1.49. The van der Waals surface area contributed by atoms with E-state index in [9.17, 15) is 22.8 Å². The molecule has 2 aromatic carbocycles. The number of ether oxygens (including phenoxy) is 1. The molecule has 1 aliphatic heterocycles. The number of benzene rings is 2. The van der Waals surface area contributed by atoms with Crippen LogP contribution in [0.15, 0.2) is 48.2 Å². The lowest BCUT2D eigenvalue weighted by Gasteiger charge is -2.12. The molecule has 0 fully saturated rings. The van der Waals surface area contributed by atoms with Crippen molar-refractivity contribution in [1.29, 1.82) is 0 Å². The average molecular weight is 390 g/mol. The predicted molar refractivity (Wildman–Crippen MR) is 97.4 cm³/mol. The van der Waals surface area contributed by atoms with E-state index in [-0.39, 0.29) is 17.0 Å². The highest BCUT2D eigenvalue weighted by Crippen LogP contribution is 2.32. The fourth-order valence-corrected chi connectivity index (χ4v) is 2.84. The molecule has 1 N–H and O–H groups in total. The zero-order chi connectivity index (χ0) is 20.6. The molecule has 0 unspecified atom stereocenters. The van der Waals surface area contributed by atoms with Gasteiger partial charge in [0.05, 0.1) is 5.57 Å². The summed E-state index contributed by atoms with van der Waals surface area (Å²) < 4.78 is 41.2. The normalized spacial score (nSPS) is 14.7. The molecule has 0 saturated carbocycles. The van der Waals surface area contributed by atoms with E-state index in [1.54, 1.807) is 12.1 Å². The van der Waals surface area contributed by atoms with E-state index in [1.807, 2.05) is 19.9 Å². The van der Waals surface area contributed by atoms with Crippen LogP contribution in [-0.4, -0.2) is 30.1 Å². The Morgan fingerprint density at radius 3 is 2.32 bits per heavy atom. The Kier molecular flexibility index (Phi) is 4.89. The van der Waals surface area contributed by atoms with Gasteiger partial charge in [-0.3, -0.25) is 14.5 Å². The maximum atomic E-state index is 12.6. The minimum Gasteiger partial charge on any atom is -0.406 e.